The van der Waals surface area contributed by atoms with E-state index in [1.54, 1.807) is 0 Å². The topological polar surface area (TPSA) is 3.24 Å². The van der Waals surface area contributed by atoms with Crippen LogP contribution in [-0.4, -0.2) is 6.85 Å². The molecule has 5 aromatic carbocycles. The Labute approximate surface area is 206 Å². The van der Waals surface area contributed by atoms with E-state index in [9.17, 15) is 0 Å². The van der Waals surface area contributed by atoms with Gasteiger partial charge in [0.1, 0.15) is 0 Å². The molecule has 2 aliphatic rings. The average molecular weight is 443 g/mol. The third-order valence-electron chi connectivity index (χ3n) is 7.49. The number of aryl methyl sites for hydroxylation is 1. The number of allylic oxidation sites excluding steroid dienone is 1. The molecular weight excluding hydrogens is 421 g/mol. The molecule has 162 valence electrons. The molecule has 0 atom stereocenters. The molecule has 35 heavy (non-hydrogen) atoms. The molecule has 0 amide bonds. The van der Waals surface area contributed by atoms with E-state index in [0.29, 0.717) is 0 Å². The Hall–Kier alpha value is -4.48. The van der Waals surface area contributed by atoms with Crippen LogP contribution in [0.25, 0.3) is 33.2 Å². The minimum absolute atomic E-state index is 0.0346. The molecule has 0 saturated heterocycles. The van der Waals surface area contributed by atoms with E-state index in [4.69, 9.17) is 6.42 Å². The van der Waals surface area contributed by atoms with Crippen LogP contribution in [-0.2, 0) is 0 Å². The van der Waals surface area contributed by atoms with E-state index >= 15 is 0 Å². The van der Waals surface area contributed by atoms with Gasteiger partial charge in [-0.1, -0.05) is 115 Å². The molecule has 0 aromatic heterocycles. The summed E-state index contributed by atoms with van der Waals surface area (Å²) in [6, 6.07) is 39.3. The second-order valence-corrected chi connectivity index (χ2v) is 9.31. The van der Waals surface area contributed by atoms with Crippen LogP contribution >= 0.6 is 0 Å². The second kappa shape index (κ2) is 7.52. The summed E-state index contributed by atoms with van der Waals surface area (Å²) in [5.74, 6) is 3.11. The molecule has 2 heterocycles. The molecule has 0 radical (unpaired) electrons. The Kier molecular flexibility index (Phi) is 4.28. The lowest BCUT2D eigenvalue weighted by molar-refractivity contribution is 1.33. The Bertz CT molecular complexity index is 1740. The molecule has 0 saturated carbocycles. The first-order valence-corrected chi connectivity index (χ1v) is 12.0. The maximum atomic E-state index is 6.31. The maximum Gasteiger partial charge on any atom is 0.329 e. The summed E-state index contributed by atoms with van der Waals surface area (Å²) in [5, 5.41) is 2.47. The lowest BCUT2D eigenvalue weighted by Gasteiger charge is -2.45. The third-order valence-corrected chi connectivity index (χ3v) is 7.49. The SMILES string of the molecule is C#CC1=C(c2ccccc2C)N2B(c3ccccc31)c1ccccc1-c1ccc3ccccc3c12. The van der Waals surface area contributed by atoms with Gasteiger partial charge in [0.25, 0.3) is 0 Å². The van der Waals surface area contributed by atoms with Crippen LogP contribution in [0.3, 0.4) is 0 Å². The fourth-order valence-corrected chi connectivity index (χ4v) is 5.99. The van der Waals surface area contributed by atoms with Gasteiger partial charge in [0.2, 0.25) is 0 Å². The second-order valence-electron chi connectivity index (χ2n) is 9.31. The number of fused-ring (bicyclic) bond motifs is 10. The summed E-state index contributed by atoms with van der Waals surface area (Å²) >= 11 is 0. The van der Waals surface area contributed by atoms with E-state index in [1.165, 1.54) is 49.6 Å². The molecule has 0 N–H and O–H groups in total. The van der Waals surface area contributed by atoms with Crippen LogP contribution in [0.1, 0.15) is 16.7 Å². The highest BCUT2D eigenvalue weighted by Crippen LogP contribution is 2.47. The van der Waals surface area contributed by atoms with E-state index in [1.807, 2.05) is 0 Å². The molecule has 0 spiro atoms. The summed E-state index contributed by atoms with van der Waals surface area (Å²) < 4.78 is 0. The highest BCUT2D eigenvalue weighted by atomic mass is 15.1. The third kappa shape index (κ3) is 2.73. The van der Waals surface area contributed by atoms with Crippen LogP contribution in [0.4, 0.5) is 5.69 Å². The van der Waals surface area contributed by atoms with Gasteiger partial charge < -0.3 is 4.81 Å². The van der Waals surface area contributed by atoms with E-state index in [0.717, 1.165) is 16.8 Å². The van der Waals surface area contributed by atoms with Gasteiger partial charge in [-0.15, -0.1) is 6.42 Å². The van der Waals surface area contributed by atoms with Gasteiger partial charge in [-0.2, -0.15) is 0 Å². The largest absolute Gasteiger partial charge is 0.374 e. The molecule has 0 fully saturated rings. The zero-order chi connectivity index (χ0) is 23.5. The predicted octanol–water partition coefficient (Wildman–Crippen LogP) is 6.26. The maximum absolute atomic E-state index is 6.31. The van der Waals surface area contributed by atoms with E-state index < -0.39 is 0 Å². The van der Waals surface area contributed by atoms with Crippen molar-refractivity contribution in [3.05, 3.63) is 126 Å². The van der Waals surface area contributed by atoms with Crippen LogP contribution in [0.5, 0.6) is 0 Å². The summed E-state index contributed by atoms with van der Waals surface area (Å²) in [7, 11) is 0. The number of nitrogens with zero attached hydrogens (tertiary/aromatic N) is 1. The number of hydrogen-bond acceptors (Lipinski definition) is 1. The highest BCUT2D eigenvalue weighted by molar-refractivity contribution is 6.93. The number of terminal acetylenes is 1. The molecule has 2 aliphatic heterocycles. The van der Waals surface area contributed by atoms with Crippen molar-refractivity contribution in [1.82, 2.24) is 0 Å². The van der Waals surface area contributed by atoms with Gasteiger partial charge >= 0.3 is 6.85 Å². The minimum Gasteiger partial charge on any atom is -0.374 e. The quantitative estimate of drug-likeness (QED) is 0.219. The number of hydrogen-bond donors (Lipinski definition) is 0. The van der Waals surface area contributed by atoms with Crippen molar-refractivity contribution in [1.29, 1.82) is 0 Å². The summed E-state index contributed by atoms with van der Waals surface area (Å²) in [4.78, 5) is 2.53. The molecule has 0 unspecified atom stereocenters. The minimum atomic E-state index is 0.0346. The van der Waals surface area contributed by atoms with Crippen molar-refractivity contribution >= 4 is 45.5 Å². The normalized spacial score (nSPS) is 13.6. The fraction of sp³-hybridized carbons (Fsp3) is 0.0303. The van der Waals surface area contributed by atoms with Gasteiger partial charge in [0.15, 0.2) is 0 Å². The molecule has 5 aromatic rings. The van der Waals surface area contributed by atoms with Crippen molar-refractivity contribution in [2.75, 3.05) is 4.81 Å². The average Bonchev–Trinajstić information content (AvgIpc) is 2.92. The van der Waals surface area contributed by atoms with Crippen molar-refractivity contribution in [2.24, 2.45) is 0 Å². The van der Waals surface area contributed by atoms with Gasteiger partial charge in [0, 0.05) is 22.2 Å². The lowest BCUT2D eigenvalue weighted by Crippen LogP contribution is -2.61. The van der Waals surface area contributed by atoms with Crippen molar-refractivity contribution < 1.29 is 0 Å². The van der Waals surface area contributed by atoms with Crippen LogP contribution in [0, 0.1) is 19.3 Å². The fourth-order valence-electron chi connectivity index (χ4n) is 5.99. The molecule has 2 heteroatoms. The molecule has 0 aliphatic carbocycles. The first-order valence-electron chi connectivity index (χ1n) is 12.0. The Morgan fingerprint density at radius 3 is 2.03 bits per heavy atom. The number of benzene rings is 5. The number of rotatable bonds is 1. The van der Waals surface area contributed by atoms with E-state index in [2.05, 4.69) is 127 Å². The standard InChI is InChI=1S/C33H22BN/c1-3-24-27-16-8-10-18-30(27)34-31-19-11-9-17-28(31)29-21-20-23-13-5-7-15-26(23)33(29)35(34)32(24)25-14-6-4-12-22(25)2/h1,4-21H,2H3. The summed E-state index contributed by atoms with van der Waals surface area (Å²) in [6.07, 6.45) is 6.31. The van der Waals surface area contributed by atoms with Crippen molar-refractivity contribution in [2.45, 2.75) is 6.92 Å². The lowest BCUT2D eigenvalue weighted by atomic mass is 9.43. The smallest absolute Gasteiger partial charge is 0.329 e. The van der Waals surface area contributed by atoms with Gasteiger partial charge in [-0.05, 0) is 39.9 Å². The molecule has 1 nitrogen and oxygen atoms in total. The first-order chi connectivity index (χ1) is 17.3. The van der Waals surface area contributed by atoms with Crippen LogP contribution in [0.15, 0.2) is 109 Å². The van der Waals surface area contributed by atoms with Crippen LogP contribution in [0.2, 0.25) is 0 Å². The zero-order valence-corrected chi connectivity index (χ0v) is 19.5. The summed E-state index contributed by atoms with van der Waals surface area (Å²) in [5.41, 5.74) is 11.9. The van der Waals surface area contributed by atoms with Gasteiger partial charge in [-0.3, -0.25) is 0 Å². The predicted molar refractivity (Wildman–Crippen MR) is 150 cm³/mol. The first kappa shape index (κ1) is 19.9. The Morgan fingerprint density at radius 2 is 1.26 bits per heavy atom. The Balaban J connectivity index is 1.70. The zero-order valence-electron chi connectivity index (χ0n) is 19.5. The molecule has 7 rings (SSSR count). The highest BCUT2D eigenvalue weighted by Gasteiger charge is 2.44. The van der Waals surface area contributed by atoms with Crippen molar-refractivity contribution in [3.8, 4) is 23.5 Å². The van der Waals surface area contributed by atoms with Crippen molar-refractivity contribution in [3.63, 3.8) is 0 Å². The summed E-state index contributed by atoms with van der Waals surface area (Å²) in [6.45, 7) is 2.21. The molecular formula is C33H22BN. The number of anilines is 1. The van der Waals surface area contributed by atoms with Gasteiger partial charge in [0.05, 0.1) is 11.3 Å². The molecule has 0 bridgehead atoms. The van der Waals surface area contributed by atoms with Gasteiger partial charge in [-0.25, -0.2) is 0 Å². The van der Waals surface area contributed by atoms with Crippen LogP contribution < -0.4 is 15.7 Å². The van der Waals surface area contributed by atoms with E-state index in [-0.39, 0.29) is 6.85 Å². The monoisotopic (exact) mass is 443 g/mol. The Morgan fingerprint density at radius 1 is 0.629 bits per heavy atom.